The van der Waals surface area contributed by atoms with Gasteiger partial charge in [-0.05, 0) is 51.1 Å². The lowest BCUT2D eigenvalue weighted by atomic mass is 10.1. The van der Waals surface area contributed by atoms with E-state index in [2.05, 4.69) is 57.8 Å². The monoisotopic (exact) mass is 513 g/mol. The van der Waals surface area contributed by atoms with Crippen LogP contribution in [0.3, 0.4) is 0 Å². The van der Waals surface area contributed by atoms with Crippen LogP contribution >= 0.6 is 24.0 Å². The normalized spacial score (nSPS) is 20.2. The summed E-state index contributed by atoms with van der Waals surface area (Å²) in [7, 11) is 0. The highest BCUT2D eigenvalue weighted by Crippen LogP contribution is 2.19. The number of aliphatic imine (C=N–C) groups is 1. The molecule has 2 heterocycles. The van der Waals surface area contributed by atoms with Crippen molar-refractivity contribution in [1.82, 2.24) is 20.4 Å². The minimum Gasteiger partial charge on any atom is -0.357 e. The van der Waals surface area contributed by atoms with Crippen LogP contribution in [0.5, 0.6) is 0 Å². The van der Waals surface area contributed by atoms with Crippen LogP contribution in [0.1, 0.15) is 44.6 Å². The van der Waals surface area contributed by atoms with Gasteiger partial charge in [-0.15, -0.1) is 24.0 Å². The number of carbonyl (C=O) groups is 1. The average Bonchev–Trinajstić information content (AvgIpc) is 3.18. The standard InChI is InChI=1S/C22H35N5O.HI/c1-2-23-22(25-17-21(28)26-13-7-4-8-14-26)24-16-20-12-9-15-27(20)18-19-10-5-3-6-11-19;/h3,5-6,10-11,20H,2,4,7-9,12-18H2,1H3,(H2,23,24,25);1H. The van der Waals surface area contributed by atoms with E-state index < -0.39 is 0 Å². The molecule has 29 heavy (non-hydrogen) atoms. The number of carbonyl (C=O) groups excluding carboxylic acids is 1. The fourth-order valence-electron chi connectivity index (χ4n) is 4.10. The van der Waals surface area contributed by atoms with Gasteiger partial charge < -0.3 is 15.5 Å². The lowest BCUT2D eigenvalue weighted by Crippen LogP contribution is -2.45. The van der Waals surface area contributed by atoms with E-state index in [1.165, 1.54) is 24.8 Å². The van der Waals surface area contributed by atoms with Gasteiger partial charge in [0.15, 0.2) is 5.96 Å². The summed E-state index contributed by atoms with van der Waals surface area (Å²) < 4.78 is 0. The van der Waals surface area contributed by atoms with E-state index in [4.69, 9.17) is 0 Å². The summed E-state index contributed by atoms with van der Waals surface area (Å²) in [6.45, 7) is 7.84. The number of benzene rings is 1. The van der Waals surface area contributed by atoms with Crippen LogP contribution < -0.4 is 10.6 Å². The summed E-state index contributed by atoms with van der Waals surface area (Å²) in [5, 5.41) is 6.74. The largest absolute Gasteiger partial charge is 0.357 e. The molecule has 162 valence electrons. The molecule has 0 spiro atoms. The topological polar surface area (TPSA) is 60.0 Å². The highest BCUT2D eigenvalue weighted by atomic mass is 127. The van der Waals surface area contributed by atoms with Crippen molar-refractivity contribution >= 4 is 35.8 Å². The third-order valence-corrected chi connectivity index (χ3v) is 5.66. The Balaban J connectivity index is 0.00000300. The second-order valence-corrected chi connectivity index (χ2v) is 7.77. The van der Waals surface area contributed by atoms with Crippen molar-refractivity contribution in [1.29, 1.82) is 0 Å². The molecule has 2 aliphatic heterocycles. The van der Waals surface area contributed by atoms with Gasteiger partial charge in [0.25, 0.3) is 0 Å². The highest BCUT2D eigenvalue weighted by molar-refractivity contribution is 14.0. The SMILES string of the molecule is CCNC(=NCC(=O)N1CCCCC1)NCC1CCCN1Cc1ccccc1.I. The van der Waals surface area contributed by atoms with E-state index >= 15 is 0 Å². The molecule has 1 unspecified atom stereocenters. The predicted molar refractivity (Wildman–Crippen MR) is 130 cm³/mol. The molecule has 1 aromatic carbocycles. The molecule has 0 bridgehead atoms. The van der Waals surface area contributed by atoms with E-state index in [0.29, 0.717) is 6.04 Å². The maximum absolute atomic E-state index is 12.4. The molecule has 2 fully saturated rings. The van der Waals surface area contributed by atoms with Gasteiger partial charge in [0.2, 0.25) is 5.91 Å². The molecule has 2 N–H and O–H groups in total. The molecule has 0 saturated carbocycles. The molecule has 1 atom stereocenters. The lowest BCUT2D eigenvalue weighted by Gasteiger charge is -2.27. The zero-order valence-electron chi connectivity index (χ0n) is 17.6. The summed E-state index contributed by atoms with van der Waals surface area (Å²) in [5.74, 6) is 0.892. The molecule has 1 amide bonds. The summed E-state index contributed by atoms with van der Waals surface area (Å²) in [6, 6.07) is 11.2. The number of likely N-dealkylation sites (tertiary alicyclic amines) is 2. The Morgan fingerprint density at radius 1 is 1.07 bits per heavy atom. The Labute approximate surface area is 192 Å². The predicted octanol–water partition coefficient (Wildman–Crippen LogP) is 2.84. The number of nitrogens with one attached hydrogen (secondary N) is 2. The molecule has 2 saturated heterocycles. The van der Waals surface area contributed by atoms with Gasteiger partial charge in [-0.3, -0.25) is 9.69 Å². The van der Waals surface area contributed by atoms with E-state index in [1.807, 2.05) is 4.90 Å². The van der Waals surface area contributed by atoms with Crippen molar-refractivity contribution in [3.63, 3.8) is 0 Å². The van der Waals surface area contributed by atoms with Gasteiger partial charge in [0, 0.05) is 38.8 Å². The number of hydrogen-bond donors (Lipinski definition) is 2. The average molecular weight is 513 g/mol. The first-order valence-corrected chi connectivity index (χ1v) is 10.8. The Kier molecular flexibility index (Phi) is 10.8. The van der Waals surface area contributed by atoms with E-state index in [1.54, 1.807) is 0 Å². The fourth-order valence-corrected chi connectivity index (χ4v) is 4.10. The van der Waals surface area contributed by atoms with Crippen LogP contribution in [0.25, 0.3) is 0 Å². The van der Waals surface area contributed by atoms with E-state index in [-0.39, 0.29) is 36.4 Å². The molecular formula is C22H36IN5O. The zero-order valence-corrected chi connectivity index (χ0v) is 19.9. The van der Waals surface area contributed by atoms with Crippen molar-refractivity contribution in [2.45, 2.75) is 51.6 Å². The van der Waals surface area contributed by atoms with Gasteiger partial charge >= 0.3 is 0 Å². The van der Waals surface area contributed by atoms with Crippen molar-refractivity contribution < 1.29 is 4.79 Å². The number of guanidine groups is 1. The minimum atomic E-state index is 0. The number of rotatable bonds is 7. The van der Waals surface area contributed by atoms with Crippen LogP contribution in [-0.2, 0) is 11.3 Å². The Morgan fingerprint density at radius 3 is 2.55 bits per heavy atom. The Morgan fingerprint density at radius 2 is 1.83 bits per heavy atom. The number of piperidine rings is 1. The van der Waals surface area contributed by atoms with Crippen molar-refractivity contribution in [2.75, 3.05) is 39.3 Å². The van der Waals surface area contributed by atoms with Crippen molar-refractivity contribution in [3.8, 4) is 0 Å². The molecule has 7 heteroatoms. The second kappa shape index (κ2) is 13.1. The maximum atomic E-state index is 12.4. The van der Waals surface area contributed by atoms with Crippen LogP contribution in [0.15, 0.2) is 35.3 Å². The van der Waals surface area contributed by atoms with Crippen LogP contribution in [0, 0.1) is 0 Å². The van der Waals surface area contributed by atoms with Gasteiger partial charge in [0.05, 0.1) is 0 Å². The smallest absolute Gasteiger partial charge is 0.244 e. The quantitative estimate of drug-likeness (QED) is 0.335. The first-order valence-electron chi connectivity index (χ1n) is 10.8. The fraction of sp³-hybridized carbons (Fsp3) is 0.636. The summed E-state index contributed by atoms with van der Waals surface area (Å²) >= 11 is 0. The third-order valence-electron chi connectivity index (χ3n) is 5.66. The lowest BCUT2D eigenvalue weighted by molar-refractivity contribution is -0.130. The van der Waals surface area contributed by atoms with Crippen molar-refractivity contribution in [3.05, 3.63) is 35.9 Å². The Hall–Kier alpha value is -1.35. The molecule has 2 aliphatic rings. The summed E-state index contributed by atoms with van der Waals surface area (Å²) in [6.07, 6.45) is 5.91. The first-order chi connectivity index (χ1) is 13.8. The summed E-state index contributed by atoms with van der Waals surface area (Å²) in [5.41, 5.74) is 1.36. The third kappa shape index (κ3) is 7.77. The number of nitrogens with zero attached hydrogens (tertiary/aromatic N) is 3. The molecule has 0 radical (unpaired) electrons. The summed E-state index contributed by atoms with van der Waals surface area (Å²) in [4.78, 5) is 21.4. The highest BCUT2D eigenvalue weighted by Gasteiger charge is 2.24. The van der Waals surface area contributed by atoms with Crippen LogP contribution in [0.2, 0.25) is 0 Å². The van der Waals surface area contributed by atoms with Gasteiger partial charge in [-0.25, -0.2) is 4.99 Å². The number of amides is 1. The zero-order chi connectivity index (χ0) is 19.6. The second-order valence-electron chi connectivity index (χ2n) is 7.77. The van der Waals surface area contributed by atoms with Gasteiger partial charge in [-0.1, -0.05) is 30.3 Å². The molecule has 0 aliphatic carbocycles. The van der Waals surface area contributed by atoms with E-state index in [0.717, 1.165) is 58.1 Å². The van der Waals surface area contributed by atoms with Crippen molar-refractivity contribution in [2.24, 2.45) is 4.99 Å². The van der Waals surface area contributed by atoms with Gasteiger partial charge in [-0.2, -0.15) is 0 Å². The molecular weight excluding hydrogens is 477 g/mol. The minimum absolute atomic E-state index is 0. The van der Waals surface area contributed by atoms with Gasteiger partial charge in [0.1, 0.15) is 6.54 Å². The Bertz CT molecular complexity index is 633. The molecule has 1 aromatic rings. The molecule has 0 aromatic heterocycles. The molecule has 3 rings (SSSR count). The maximum Gasteiger partial charge on any atom is 0.244 e. The molecule has 6 nitrogen and oxygen atoms in total. The first kappa shape index (κ1) is 23.9. The van der Waals surface area contributed by atoms with Crippen LogP contribution in [0.4, 0.5) is 0 Å². The number of halogens is 1. The van der Waals surface area contributed by atoms with E-state index in [9.17, 15) is 4.79 Å². The number of hydrogen-bond acceptors (Lipinski definition) is 3. The van der Waals surface area contributed by atoms with Crippen LogP contribution in [-0.4, -0.2) is 67.0 Å².